The van der Waals surface area contributed by atoms with E-state index in [9.17, 15) is 33.2 Å². The van der Waals surface area contributed by atoms with Crippen LogP contribution in [0.4, 0.5) is 0 Å². The predicted molar refractivity (Wildman–Crippen MR) is 189 cm³/mol. The fraction of sp³-hybridized carbons (Fsp3) is 0.235. The van der Waals surface area contributed by atoms with Crippen molar-refractivity contribution in [2.45, 2.75) is 13.2 Å². The first-order chi connectivity index (χ1) is 24.8. The van der Waals surface area contributed by atoms with Crippen molar-refractivity contribution in [3.8, 4) is 22.9 Å². The van der Waals surface area contributed by atoms with E-state index >= 15 is 0 Å². The molecule has 3 N–H and O–H groups in total. The zero-order chi connectivity index (χ0) is 39.2. The van der Waals surface area contributed by atoms with Crippen molar-refractivity contribution in [1.29, 1.82) is 0 Å². The number of phosphoric ester groups is 1. The highest BCUT2D eigenvalue weighted by molar-refractivity contribution is 7.51. The maximum atomic E-state index is 14.0. The van der Waals surface area contributed by atoms with Gasteiger partial charge in [-0.2, -0.15) is 0 Å². The first-order valence-electron chi connectivity index (χ1n) is 15.4. The van der Waals surface area contributed by atoms with Crippen LogP contribution in [0.3, 0.4) is 0 Å². The molecule has 1 unspecified atom stereocenters. The Morgan fingerprint density at radius 2 is 1.11 bits per heavy atom. The number of hydrogen-bond donors (Lipinski definition) is 3. The molecule has 1 heterocycles. The first-order valence-corrected chi connectivity index (χ1v) is 19.0. The molecule has 0 spiro atoms. The molecule has 0 saturated heterocycles. The molecule has 1 aromatic heterocycles. The van der Waals surface area contributed by atoms with Crippen molar-refractivity contribution in [2.75, 3.05) is 42.0 Å². The van der Waals surface area contributed by atoms with Gasteiger partial charge in [-0.15, -0.1) is 0 Å². The number of benzene rings is 3. The van der Waals surface area contributed by atoms with Crippen molar-refractivity contribution >= 4 is 39.2 Å². The lowest BCUT2D eigenvalue weighted by Crippen LogP contribution is -2.28. The van der Waals surface area contributed by atoms with Gasteiger partial charge in [0, 0.05) is 40.5 Å². The fourth-order valence-electron chi connectivity index (χ4n) is 4.75. The largest absolute Gasteiger partial charge is 0.497 e. The summed E-state index contributed by atoms with van der Waals surface area (Å²) < 4.78 is 50.6. The normalized spacial score (nSPS) is 12.4. The van der Waals surface area contributed by atoms with Crippen molar-refractivity contribution in [3.05, 3.63) is 106 Å². The molecule has 0 fully saturated rings. The van der Waals surface area contributed by atoms with Gasteiger partial charge in [-0.3, -0.25) is 23.2 Å². The van der Waals surface area contributed by atoms with Gasteiger partial charge < -0.3 is 43.2 Å². The van der Waals surface area contributed by atoms with E-state index in [0.29, 0.717) is 11.3 Å². The number of rotatable bonds is 14. The Balaban J connectivity index is 1.96. The number of carbonyl (C=O) groups is 4. The van der Waals surface area contributed by atoms with E-state index in [1.807, 2.05) is 0 Å². The average molecular weight is 774 g/mol. The van der Waals surface area contributed by atoms with Gasteiger partial charge in [-0.1, -0.05) is 24.3 Å². The lowest BCUT2D eigenvalue weighted by molar-refractivity contribution is 0.0671. The summed E-state index contributed by atoms with van der Waals surface area (Å²) in [7, 11) is -1.60. The summed E-state index contributed by atoms with van der Waals surface area (Å²) in [5, 5.41) is 0. The number of nitrogens with zero attached hydrogens (tertiary/aromatic N) is 3. The first kappa shape index (κ1) is 40.6. The van der Waals surface area contributed by atoms with Crippen molar-refractivity contribution in [2.24, 2.45) is 0 Å². The van der Waals surface area contributed by atoms with E-state index in [0.717, 1.165) is 16.5 Å². The fourth-order valence-corrected chi connectivity index (χ4v) is 5.46. The standard InChI is InChI=1S/C34H37N3O14P2/c1-35(2)31(38)27-29(50-33(40)23-11-7-9-21(17-23)19-48-52(6,42)43)30(51-34(41)24-12-8-10-22(18-24)20-49-53(44,45)46)28(32(39)36(3)4)37(27)25-13-15-26(47-5)16-14-25/h7-18H,19-20H2,1-6H3,(H,42,43)(H2,44,45,46). The highest BCUT2D eigenvalue weighted by Gasteiger charge is 2.38. The third-order valence-electron chi connectivity index (χ3n) is 7.22. The Kier molecular flexibility index (Phi) is 12.8. The number of methoxy groups -OCH3 is 1. The maximum Gasteiger partial charge on any atom is 0.469 e. The Bertz CT molecular complexity index is 1990. The van der Waals surface area contributed by atoms with E-state index in [2.05, 4.69) is 4.52 Å². The zero-order valence-electron chi connectivity index (χ0n) is 29.4. The third-order valence-corrected chi connectivity index (χ3v) is 8.29. The van der Waals surface area contributed by atoms with Gasteiger partial charge in [0.2, 0.25) is 11.5 Å². The second kappa shape index (κ2) is 16.7. The van der Waals surface area contributed by atoms with Crippen LogP contribution in [0.2, 0.25) is 0 Å². The maximum absolute atomic E-state index is 14.0. The quantitative estimate of drug-likeness (QED) is 0.120. The number of phosphoric acid groups is 1. The smallest absolute Gasteiger partial charge is 0.469 e. The molecule has 1 atom stereocenters. The van der Waals surface area contributed by atoms with Gasteiger partial charge in [0.1, 0.15) is 5.75 Å². The van der Waals surface area contributed by atoms with E-state index in [-0.39, 0.29) is 40.4 Å². The summed E-state index contributed by atoms with van der Waals surface area (Å²) in [5.74, 6) is -4.46. The van der Waals surface area contributed by atoms with Crippen LogP contribution in [0.5, 0.6) is 17.2 Å². The van der Waals surface area contributed by atoms with E-state index < -0.39 is 57.3 Å². The number of carbonyl (C=O) groups excluding carboxylic acids is 4. The van der Waals surface area contributed by atoms with Gasteiger partial charge in [-0.25, -0.2) is 14.2 Å². The van der Waals surface area contributed by atoms with Gasteiger partial charge in [0.25, 0.3) is 11.8 Å². The van der Waals surface area contributed by atoms with Crippen LogP contribution in [0.15, 0.2) is 72.8 Å². The monoisotopic (exact) mass is 773 g/mol. The minimum Gasteiger partial charge on any atom is -0.497 e. The Labute approximate surface area is 304 Å². The summed E-state index contributed by atoms with van der Waals surface area (Å²) >= 11 is 0. The molecule has 17 nitrogen and oxygen atoms in total. The van der Waals surface area contributed by atoms with Crippen LogP contribution in [0.25, 0.3) is 5.69 Å². The van der Waals surface area contributed by atoms with Crippen LogP contribution < -0.4 is 14.2 Å². The second-order valence-electron chi connectivity index (χ2n) is 11.8. The SMILES string of the molecule is COc1ccc(-n2c(C(=O)N(C)C)c(OC(=O)c3cccc(COP(C)(=O)O)c3)c(OC(=O)c3cccc(COP(=O)(O)O)c3)c2C(=O)N(C)C)cc1. The van der Waals surface area contributed by atoms with Crippen molar-refractivity contribution < 1.29 is 66.2 Å². The summed E-state index contributed by atoms with van der Waals surface area (Å²) in [4.78, 5) is 85.8. The van der Waals surface area contributed by atoms with Crippen molar-refractivity contribution in [1.82, 2.24) is 14.4 Å². The van der Waals surface area contributed by atoms with E-state index in [1.165, 1.54) is 101 Å². The van der Waals surface area contributed by atoms with E-state index in [4.69, 9.17) is 28.5 Å². The molecule has 0 aliphatic heterocycles. The van der Waals surface area contributed by atoms with Crippen LogP contribution in [-0.4, -0.2) is 94.8 Å². The second-order valence-corrected chi connectivity index (χ2v) is 14.9. The van der Waals surface area contributed by atoms with Crippen LogP contribution >= 0.6 is 15.4 Å². The highest BCUT2D eigenvalue weighted by atomic mass is 31.2. The molecule has 4 aromatic rings. The molecule has 4 rings (SSSR count). The highest BCUT2D eigenvalue weighted by Crippen LogP contribution is 2.43. The predicted octanol–water partition coefficient (Wildman–Crippen LogP) is 4.27. The summed E-state index contributed by atoms with van der Waals surface area (Å²) in [6.45, 7) is 0.113. The lowest BCUT2D eigenvalue weighted by Gasteiger charge is -2.18. The molecule has 282 valence electrons. The summed E-state index contributed by atoms with van der Waals surface area (Å²) in [5.41, 5.74) is -0.282. The van der Waals surface area contributed by atoms with Crippen LogP contribution in [0.1, 0.15) is 52.8 Å². The number of hydrogen-bond acceptors (Lipinski definition) is 11. The minimum atomic E-state index is -4.85. The molecule has 0 radical (unpaired) electrons. The lowest BCUT2D eigenvalue weighted by atomic mass is 10.1. The average Bonchev–Trinajstić information content (AvgIpc) is 3.41. The van der Waals surface area contributed by atoms with Crippen molar-refractivity contribution in [3.63, 3.8) is 0 Å². The van der Waals surface area contributed by atoms with Gasteiger partial charge in [-0.05, 0) is 59.7 Å². The van der Waals surface area contributed by atoms with Crippen LogP contribution in [0, 0.1) is 0 Å². The van der Waals surface area contributed by atoms with Gasteiger partial charge in [0.05, 0.1) is 31.5 Å². The molecule has 19 heteroatoms. The number of esters is 2. The molecular weight excluding hydrogens is 736 g/mol. The number of ether oxygens (including phenoxy) is 3. The molecule has 0 aliphatic carbocycles. The summed E-state index contributed by atoms with van der Waals surface area (Å²) in [6, 6.07) is 17.3. The van der Waals surface area contributed by atoms with Gasteiger partial charge in [0.15, 0.2) is 11.4 Å². The number of aromatic nitrogens is 1. The number of amides is 2. The molecule has 0 aliphatic rings. The van der Waals surface area contributed by atoms with E-state index in [1.54, 1.807) is 12.1 Å². The molecule has 3 aromatic carbocycles. The summed E-state index contributed by atoms with van der Waals surface area (Å²) in [6.07, 6.45) is 0. The molecule has 53 heavy (non-hydrogen) atoms. The minimum absolute atomic E-state index is 0.0917. The van der Waals surface area contributed by atoms with Crippen LogP contribution in [-0.2, 0) is 31.4 Å². The van der Waals surface area contributed by atoms with Gasteiger partial charge >= 0.3 is 27.4 Å². The molecular formula is C34H37N3O14P2. The molecule has 0 bridgehead atoms. The third kappa shape index (κ3) is 10.5. The molecule has 0 saturated carbocycles. The Hall–Kier alpha value is -5.12. The molecule has 2 amide bonds. The topological polar surface area (TPSA) is 221 Å². The Morgan fingerprint density at radius 3 is 1.49 bits per heavy atom. The zero-order valence-corrected chi connectivity index (χ0v) is 31.2. The Morgan fingerprint density at radius 1 is 0.679 bits per heavy atom.